The van der Waals surface area contributed by atoms with Gasteiger partial charge in [0.25, 0.3) is 0 Å². The second-order valence-corrected chi connectivity index (χ2v) is 6.35. The fraction of sp³-hybridized carbons (Fsp3) is 0.571. The Labute approximate surface area is 118 Å². The first-order valence-corrected chi connectivity index (χ1v) is 7.49. The molecule has 1 N–H and O–H groups in total. The lowest BCUT2D eigenvalue weighted by Gasteiger charge is -2.19. The van der Waals surface area contributed by atoms with Gasteiger partial charge in [0, 0.05) is 6.54 Å². The highest BCUT2D eigenvalue weighted by Gasteiger charge is 2.13. The van der Waals surface area contributed by atoms with Gasteiger partial charge in [-0.15, -0.1) is 11.3 Å². The minimum atomic E-state index is -0.176. The van der Waals surface area contributed by atoms with Crippen LogP contribution in [-0.2, 0) is 11.3 Å². The molecule has 4 nitrogen and oxygen atoms in total. The number of ether oxygens (including phenoxy) is 1. The molecule has 0 amide bonds. The fourth-order valence-electron chi connectivity index (χ4n) is 1.62. The zero-order valence-corrected chi connectivity index (χ0v) is 12.8. The molecule has 2 aromatic rings. The molecular formula is C14H21N3OS. The highest BCUT2D eigenvalue weighted by atomic mass is 32.1. The third-order valence-corrected chi connectivity index (χ3v) is 3.35. The molecule has 0 bridgehead atoms. The van der Waals surface area contributed by atoms with Gasteiger partial charge >= 0.3 is 0 Å². The topological polar surface area (TPSA) is 47.0 Å². The first-order valence-electron chi connectivity index (χ1n) is 6.61. The standard InChI is InChI=1S/C14H21N3OS/c1-5-7-15-12-10-6-8-19-13(10)17-11(16-12)9-18-14(2,3)4/h6,8H,5,7,9H2,1-4H3,(H,15,16,17). The number of rotatable bonds is 5. The monoisotopic (exact) mass is 279 g/mol. The average Bonchev–Trinajstić information content (AvgIpc) is 2.80. The molecule has 5 heteroatoms. The van der Waals surface area contributed by atoms with Crippen LogP contribution in [0.2, 0.25) is 0 Å². The molecular weight excluding hydrogens is 258 g/mol. The van der Waals surface area contributed by atoms with Gasteiger partial charge in [-0.3, -0.25) is 0 Å². The van der Waals surface area contributed by atoms with Crippen LogP contribution in [-0.4, -0.2) is 22.1 Å². The number of anilines is 1. The van der Waals surface area contributed by atoms with Crippen molar-refractivity contribution in [2.75, 3.05) is 11.9 Å². The van der Waals surface area contributed by atoms with Gasteiger partial charge in [-0.25, -0.2) is 9.97 Å². The van der Waals surface area contributed by atoms with Crippen LogP contribution in [0.1, 0.15) is 39.9 Å². The van der Waals surface area contributed by atoms with Crippen molar-refractivity contribution in [1.82, 2.24) is 9.97 Å². The quantitative estimate of drug-likeness (QED) is 0.903. The van der Waals surface area contributed by atoms with Crippen LogP contribution >= 0.6 is 11.3 Å². The van der Waals surface area contributed by atoms with Gasteiger partial charge in [-0.05, 0) is 38.6 Å². The fourth-order valence-corrected chi connectivity index (χ4v) is 2.41. The summed E-state index contributed by atoms with van der Waals surface area (Å²) in [7, 11) is 0. The lowest BCUT2D eigenvalue weighted by molar-refractivity contribution is -0.0179. The number of fused-ring (bicyclic) bond motifs is 1. The van der Waals surface area contributed by atoms with E-state index in [4.69, 9.17) is 4.74 Å². The zero-order valence-electron chi connectivity index (χ0n) is 12.0. The molecule has 2 aromatic heterocycles. The summed E-state index contributed by atoms with van der Waals surface area (Å²) < 4.78 is 5.75. The molecule has 0 radical (unpaired) electrons. The van der Waals surface area contributed by atoms with Crippen LogP contribution in [0.3, 0.4) is 0 Å². The normalized spacial score (nSPS) is 12.0. The van der Waals surface area contributed by atoms with Crippen molar-refractivity contribution < 1.29 is 4.74 Å². The van der Waals surface area contributed by atoms with Crippen molar-refractivity contribution in [3.63, 3.8) is 0 Å². The summed E-state index contributed by atoms with van der Waals surface area (Å²) in [6.07, 6.45) is 1.07. The minimum absolute atomic E-state index is 0.176. The Kier molecular flexibility index (Phi) is 4.37. The zero-order chi connectivity index (χ0) is 13.9. The smallest absolute Gasteiger partial charge is 0.158 e. The Morgan fingerprint density at radius 3 is 2.79 bits per heavy atom. The summed E-state index contributed by atoms with van der Waals surface area (Å²) in [6, 6.07) is 2.06. The number of nitrogens with zero attached hydrogens (tertiary/aromatic N) is 2. The van der Waals surface area contributed by atoms with E-state index in [0.717, 1.165) is 34.8 Å². The van der Waals surface area contributed by atoms with Crippen LogP contribution in [0.5, 0.6) is 0 Å². The predicted molar refractivity (Wildman–Crippen MR) is 80.7 cm³/mol. The second-order valence-electron chi connectivity index (χ2n) is 5.46. The molecule has 0 saturated heterocycles. The van der Waals surface area contributed by atoms with Gasteiger partial charge in [0.1, 0.15) is 17.3 Å². The Morgan fingerprint density at radius 2 is 2.11 bits per heavy atom. The van der Waals surface area contributed by atoms with Crippen LogP contribution in [0.25, 0.3) is 10.2 Å². The molecule has 0 aromatic carbocycles. The van der Waals surface area contributed by atoms with Crippen molar-refractivity contribution in [1.29, 1.82) is 0 Å². The van der Waals surface area contributed by atoms with E-state index in [1.165, 1.54) is 0 Å². The molecule has 0 spiro atoms. The summed E-state index contributed by atoms with van der Waals surface area (Å²) in [5, 5.41) is 6.50. The largest absolute Gasteiger partial charge is 0.369 e. The third kappa shape index (κ3) is 3.88. The van der Waals surface area contributed by atoms with Crippen molar-refractivity contribution in [3.05, 3.63) is 17.3 Å². The predicted octanol–water partition coefficient (Wildman–Crippen LogP) is 3.83. The molecule has 104 valence electrons. The van der Waals surface area contributed by atoms with E-state index in [9.17, 15) is 0 Å². The Balaban J connectivity index is 2.24. The van der Waals surface area contributed by atoms with E-state index < -0.39 is 0 Å². The lowest BCUT2D eigenvalue weighted by Crippen LogP contribution is -2.19. The van der Waals surface area contributed by atoms with Crippen LogP contribution < -0.4 is 5.32 Å². The van der Waals surface area contributed by atoms with Gasteiger partial charge < -0.3 is 10.1 Å². The van der Waals surface area contributed by atoms with E-state index in [-0.39, 0.29) is 5.60 Å². The summed E-state index contributed by atoms with van der Waals surface area (Å²) in [6.45, 7) is 9.61. The highest BCUT2D eigenvalue weighted by Crippen LogP contribution is 2.25. The van der Waals surface area contributed by atoms with Crippen molar-refractivity contribution in [3.8, 4) is 0 Å². The maximum atomic E-state index is 5.75. The van der Waals surface area contributed by atoms with E-state index in [1.807, 2.05) is 26.2 Å². The lowest BCUT2D eigenvalue weighted by atomic mass is 10.2. The highest BCUT2D eigenvalue weighted by molar-refractivity contribution is 7.16. The number of hydrogen-bond acceptors (Lipinski definition) is 5. The maximum absolute atomic E-state index is 5.75. The molecule has 0 aliphatic rings. The number of aromatic nitrogens is 2. The Morgan fingerprint density at radius 1 is 1.32 bits per heavy atom. The summed E-state index contributed by atoms with van der Waals surface area (Å²) in [5.41, 5.74) is -0.176. The first-order chi connectivity index (χ1) is 8.99. The average molecular weight is 279 g/mol. The molecule has 0 atom stereocenters. The Bertz CT molecular complexity index is 545. The summed E-state index contributed by atoms with van der Waals surface area (Å²) >= 11 is 1.64. The van der Waals surface area contributed by atoms with E-state index in [2.05, 4.69) is 28.3 Å². The molecule has 0 unspecified atom stereocenters. The molecule has 0 fully saturated rings. The van der Waals surface area contributed by atoms with Crippen molar-refractivity contribution in [2.45, 2.75) is 46.3 Å². The van der Waals surface area contributed by atoms with Gasteiger partial charge in [0.2, 0.25) is 0 Å². The number of thiophene rings is 1. The Hall–Kier alpha value is -1.20. The summed E-state index contributed by atoms with van der Waals surface area (Å²) in [5.74, 6) is 1.66. The molecule has 2 rings (SSSR count). The SMILES string of the molecule is CCCNc1nc(COC(C)(C)C)nc2sccc12. The number of nitrogens with one attached hydrogen (secondary N) is 1. The van der Waals surface area contributed by atoms with Gasteiger partial charge in [-0.1, -0.05) is 6.92 Å². The van der Waals surface area contributed by atoms with Gasteiger partial charge in [0.05, 0.1) is 11.0 Å². The minimum Gasteiger partial charge on any atom is -0.369 e. The first kappa shape index (κ1) is 14.2. The molecule has 0 aliphatic heterocycles. The van der Waals surface area contributed by atoms with Gasteiger partial charge in [-0.2, -0.15) is 0 Å². The third-order valence-electron chi connectivity index (χ3n) is 2.55. The van der Waals surface area contributed by atoms with Crippen LogP contribution in [0, 0.1) is 0 Å². The van der Waals surface area contributed by atoms with Crippen LogP contribution in [0.4, 0.5) is 5.82 Å². The van der Waals surface area contributed by atoms with E-state index >= 15 is 0 Å². The van der Waals surface area contributed by atoms with Gasteiger partial charge in [0.15, 0.2) is 5.82 Å². The van der Waals surface area contributed by atoms with Crippen LogP contribution in [0.15, 0.2) is 11.4 Å². The van der Waals surface area contributed by atoms with E-state index in [0.29, 0.717) is 6.61 Å². The molecule has 19 heavy (non-hydrogen) atoms. The molecule has 0 aliphatic carbocycles. The summed E-state index contributed by atoms with van der Waals surface area (Å²) in [4.78, 5) is 10.1. The number of hydrogen-bond donors (Lipinski definition) is 1. The van der Waals surface area contributed by atoms with Crippen molar-refractivity contribution >= 4 is 27.4 Å². The van der Waals surface area contributed by atoms with E-state index in [1.54, 1.807) is 11.3 Å². The molecule has 0 saturated carbocycles. The molecule has 2 heterocycles. The second kappa shape index (κ2) is 5.84. The van der Waals surface area contributed by atoms with Crippen molar-refractivity contribution in [2.24, 2.45) is 0 Å². The maximum Gasteiger partial charge on any atom is 0.158 e.